The first-order valence-electron chi connectivity index (χ1n) is 22.2. The average molecular weight is 920 g/mol. The summed E-state index contributed by atoms with van der Waals surface area (Å²) < 4.78 is 66.1. The quantitative estimate of drug-likeness (QED) is 0.116. The number of nitrogens with zero attached hydrogens (tertiary/aromatic N) is 8. The van der Waals surface area contributed by atoms with Crippen molar-refractivity contribution in [2.24, 2.45) is 18.9 Å². The van der Waals surface area contributed by atoms with E-state index in [9.17, 15) is 24.4 Å². The van der Waals surface area contributed by atoms with Crippen molar-refractivity contribution in [3.05, 3.63) is 94.9 Å². The summed E-state index contributed by atoms with van der Waals surface area (Å²) in [6.07, 6.45) is 2.62. The molecule has 2 atom stereocenters. The van der Waals surface area contributed by atoms with E-state index < -0.39 is 54.0 Å². The fourth-order valence-electron chi connectivity index (χ4n) is 9.91. The van der Waals surface area contributed by atoms with Crippen molar-refractivity contribution >= 4 is 46.3 Å². The Kier molecular flexibility index (Phi) is 12.2. The van der Waals surface area contributed by atoms with E-state index in [1.807, 2.05) is 11.8 Å². The van der Waals surface area contributed by atoms with E-state index in [2.05, 4.69) is 21.5 Å². The summed E-state index contributed by atoms with van der Waals surface area (Å²) in [5.74, 6) is -4.54. The molecule has 0 radical (unpaired) electrons. The van der Waals surface area contributed by atoms with Crippen LogP contribution in [0.4, 0.5) is 29.6 Å². The Labute approximate surface area is 383 Å². The van der Waals surface area contributed by atoms with Gasteiger partial charge in [-0.15, -0.1) is 0 Å². The number of urea groups is 1. The van der Waals surface area contributed by atoms with Crippen molar-refractivity contribution in [3.8, 4) is 29.1 Å². The second-order valence-electron chi connectivity index (χ2n) is 17.2. The molecule has 2 aromatic heterocycles. The number of rotatable bonds is 13. The molecule has 5 aromatic rings. The first-order chi connectivity index (χ1) is 32.3. The van der Waals surface area contributed by atoms with Crippen LogP contribution in [0, 0.1) is 29.0 Å². The van der Waals surface area contributed by atoms with E-state index in [1.165, 1.54) is 41.1 Å². The average Bonchev–Trinajstić information content (AvgIpc) is 3.76. The summed E-state index contributed by atoms with van der Waals surface area (Å²) >= 11 is 0. The van der Waals surface area contributed by atoms with E-state index in [-0.39, 0.29) is 54.5 Å². The number of ether oxygens (including phenoxy) is 3. The number of halogens is 3. The molecule has 0 saturated carbocycles. The van der Waals surface area contributed by atoms with E-state index in [1.54, 1.807) is 54.4 Å². The van der Waals surface area contributed by atoms with Gasteiger partial charge in [0, 0.05) is 63.2 Å². The van der Waals surface area contributed by atoms with Crippen molar-refractivity contribution in [1.82, 2.24) is 29.9 Å². The number of hydrogen-bond donors (Lipinski definition) is 1. The van der Waals surface area contributed by atoms with E-state index in [0.717, 1.165) is 10.5 Å². The van der Waals surface area contributed by atoms with Gasteiger partial charge in [-0.05, 0) is 86.2 Å². The molecule has 5 amide bonds. The van der Waals surface area contributed by atoms with E-state index in [4.69, 9.17) is 14.2 Å². The molecule has 0 spiro atoms. The number of pyridine rings is 1. The SMILES string of the molecule is CCOc1cc([C@@H](CC#N)N2C(=O)c3ccnc(N4CCC([C@H]5CCN(Cc6ccc(Oc7cc8c(cc7F)c(N7CCC(=O)NC7=O)nn8C)cc6)CC5(F)F)CC4)c3C2=O)ccc1OC. The Morgan fingerprint density at radius 2 is 1.70 bits per heavy atom. The number of anilines is 2. The Morgan fingerprint density at radius 1 is 0.925 bits per heavy atom. The molecule has 9 rings (SSSR count). The Balaban J connectivity index is 0.812. The number of methoxy groups -OCH3 is 1. The zero-order valence-corrected chi connectivity index (χ0v) is 37.1. The number of carbonyl (C=O) groups is 4. The minimum atomic E-state index is -2.96. The highest BCUT2D eigenvalue weighted by molar-refractivity contribution is 6.23. The molecule has 0 bridgehead atoms. The number of aromatic nitrogens is 3. The predicted molar refractivity (Wildman–Crippen MR) is 238 cm³/mol. The Morgan fingerprint density at radius 3 is 2.40 bits per heavy atom. The maximum atomic E-state index is 16.1. The van der Waals surface area contributed by atoms with Crippen LogP contribution in [0.15, 0.2) is 66.9 Å². The Hall–Kier alpha value is -7.20. The second-order valence-corrected chi connectivity index (χ2v) is 17.2. The highest BCUT2D eigenvalue weighted by atomic mass is 19.3. The number of benzene rings is 3. The van der Waals surface area contributed by atoms with Gasteiger partial charge in [0.05, 0.1) is 55.4 Å². The van der Waals surface area contributed by atoms with Gasteiger partial charge in [0.25, 0.3) is 17.7 Å². The van der Waals surface area contributed by atoms with Crippen LogP contribution in [-0.2, 0) is 18.4 Å². The number of amides is 5. The molecule has 67 heavy (non-hydrogen) atoms. The molecule has 3 fully saturated rings. The number of imide groups is 2. The van der Waals surface area contributed by atoms with Crippen molar-refractivity contribution in [1.29, 1.82) is 5.26 Å². The number of nitrogens with one attached hydrogen (secondary N) is 1. The van der Waals surface area contributed by atoms with Gasteiger partial charge < -0.3 is 19.1 Å². The van der Waals surface area contributed by atoms with E-state index >= 15 is 13.2 Å². The zero-order chi connectivity index (χ0) is 47.1. The number of piperidine rings is 2. The molecule has 16 nitrogen and oxygen atoms in total. The number of fused-ring (bicyclic) bond motifs is 2. The number of alkyl halides is 2. The lowest BCUT2D eigenvalue weighted by Gasteiger charge is -2.44. The highest BCUT2D eigenvalue weighted by Crippen LogP contribution is 2.45. The van der Waals surface area contributed by atoms with Gasteiger partial charge in [-0.1, -0.05) is 18.2 Å². The number of likely N-dealkylation sites (tertiary alicyclic amines) is 1. The minimum Gasteiger partial charge on any atom is -0.493 e. The summed E-state index contributed by atoms with van der Waals surface area (Å²) in [5, 5.41) is 16.8. The molecule has 1 N–H and O–H groups in total. The van der Waals surface area contributed by atoms with Gasteiger partial charge in [-0.2, -0.15) is 10.4 Å². The number of aryl methyl sites for hydroxylation is 1. The first kappa shape index (κ1) is 45.0. The molecule has 0 aliphatic carbocycles. The number of hydrogen-bond acceptors (Lipinski definition) is 12. The lowest BCUT2D eigenvalue weighted by molar-refractivity contribution is -0.133. The van der Waals surface area contributed by atoms with Crippen LogP contribution in [0.1, 0.15) is 76.9 Å². The second kappa shape index (κ2) is 18.2. The molecule has 19 heteroatoms. The van der Waals surface area contributed by atoms with Crippen molar-refractivity contribution < 1.29 is 46.6 Å². The molecular formula is C48H48F3N9O7. The van der Waals surface area contributed by atoms with Crippen LogP contribution < -0.4 is 29.3 Å². The van der Waals surface area contributed by atoms with Crippen molar-refractivity contribution in [2.75, 3.05) is 56.2 Å². The summed E-state index contributed by atoms with van der Waals surface area (Å²) in [6.45, 7) is 3.38. The maximum Gasteiger partial charge on any atom is 0.329 e. The summed E-state index contributed by atoms with van der Waals surface area (Å²) in [5.41, 5.74) is 2.14. The van der Waals surface area contributed by atoms with Crippen LogP contribution in [0.5, 0.6) is 23.0 Å². The van der Waals surface area contributed by atoms with Gasteiger partial charge in [-0.25, -0.2) is 22.9 Å². The van der Waals surface area contributed by atoms with Gasteiger partial charge in [0.2, 0.25) is 5.91 Å². The standard InChI is InChI=1S/C48H48F3N9O7/c1-4-66-40-23-30(7-10-38(40)65-3)36(11-17-52)60-45(62)32-12-18-53-44(42(32)46(60)63)58-20-13-29(14-21-58)34-15-19-57(27-48(34,50)51)26-28-5-8-31(9-6-28)67-39-25-37-33(24-35(39)49)43(55-56(37)2)59-22-16-41(61)54-47(59)64/h5-10,12,18,23-25,29,34,36H,4,11,13-16,19-22,26-27H2,1-3H3,(H,54,61,64)/t34-,36-/m1/s1. The summed E-state index contributed by atoms with van der Waals surface area (Å²) in [7, 11) is 3.16. The summed E-state index contributed by atoms with van der Waals surface area (Å²) in [4.78, 5) is 62.8. The van der Waals surface area contributed by atoms with Gasteiger partial charge in [0.15, 0.2) is 28.9 Å². The fraction of sp³-hybridized carbons (Fsp3) is 0.396. The van der Waals surface area contributed by atoms with Crippen LogP contribution in [0.25, 0.3) is 10.9 Å². The Bertz CT molecular complexity index is 2810. The fourth-order valence-corrected chi connectivity index (χ4v) is 9.91. The molecule has 6 heterocycles. The number of carbonyl (C=O) groups excluding carboxylic acids is 4. The smallest absolute Gasteiger partial charge is 0.329 e. The molecule has 4 aliphatic heterocycles. The van der Waals surface area contributed by atoms with Crippen molar-refractivity contribution in [2.45, 2.75) is 57.5 Å². The normalized spacial score (nSPS) is 19.4. The van der Waals surface area contributed by atoms with Crippen LogP contribution in [0.3, 0.4) is 0 Å². The number of nitriles is 1. The van der Waals surface area contributed by atoms with Crippen LogP contribution >= 0.6 is 0 Å². The predicted octanol–water partition coefficient (Wildman–Crippen LogP) is 7.38. The lowest BCUT2D eigenvalue weighted by Crippen LogP contribution is -2.52. The zero-order valence-electron chi connectivity index (χ0n) is 37.1. The van der Waals surface area contributed by atoms with Crippen LogP contribution in [0.2, 0.25) is 0 Å². The molecule has 0 unspecified atom stereocenters. The largest absolute Gasteiger partial charge is 0.493 e. The van der Waals surface area contributed by atoms with Gasteiger partial charge in [0.1, 0.15) is 11.6 Å². The lowest BCUT2D eigenvalue weighted by atomic mass is 9.76. The highest BCUT2D eigenvalue weighted by Gasteiger charge is 2.49. The topological polar surface area (TPSA) is 175 Å². The molecule has 3 aromatic carbocycles. The third kappa shape index (κ3) is 8.57. The molecule has 3 saturated heterocycles. The third-order valence-electron chi connectivity index (χ3n) is 13.2. The van der Waals surface area contributed by atoms with Gasteiger partial charge >= 0.3 is 6.03 Å². The van der Waals surface area contributed by atoms with Gasteiger partial charge in [-0.3, -0.25) is 39.1 Å². The molecular weight excluding hydrogens is 872 g/mol. The maximum absolute atomic E-state index is 16.1. The monoisotopic (exact) mass is 919 g/mol. The molecule has 348 valence electrons. The summed E-state index contributed by atoms with van der Waals surface area (Å²) in [6, 6.07) is 16.7. The first-order valence-corrected chi connectivity index (χ1v) is 22.2. The van der Waals surface area contributed by atoms with Crippen molar-refractivity contribution in [3.63, 3.8) is 0 Å². The third-order valence-corrected chi connectivity index (χ3v) is 13.2. The molecule has 4 aliphatic rings. The van der Waals surface area contributed by atoms with E-state index in [0.29, 0.717) is 85.0 Å². The minimum absolute atomic E-state index is 0.0669. The van der Waals surface area contributed by atoms with Crippen LogP contribution in [-0.4, -0.2) is 101 Å².